The average molecular weight is 272 g/mol. The molecular formula is C18H28N2. The molecule has 2 nitrogen and oxygen atoms in total. The molecule has 0 unspecified atom stereocenters. The van der Waals surface area contributed by atoms with Gasteiger partial charge in [-0.2, -0.15) is 0 Å². The SMILES string of the molecule is CN(CCNCc1ccccc1C1CC1)C1CCCC1. The van der Waals surface area contributed by atoms with Gasteiger partial charge in [-0.15, -0.1) is 0 Å². The first-order valence-corrected chi connectivity index (χ1v) is 8.33. The summed E-state index contributed by atoms with van der Waals surface area (Å²) >= 11 is 0. The maximum absolute atomic E-state index is 3.64. The van der Waals surface area contributed by atoms with Crippen LogP contribution in [0.2, 0.25) is 0 Å². The maximum atomic E-state index is 3.64. The topological polar surface area (TPSA) is 15.3 Å². The number of likely N-dealkylation sites (N-methyl/N-ethyl adjacent to an activating group) is 1. The lowest BCUT2D eigenvalue weighted by molar-refractivity contribution is 0.245. The van der Waals surface area contributed by atoms with Crippen molar-refractivity contribution in [3.63, 3.8) is 0 Å². The van der Waals surface area contributed by atoms with Crippen molar-refractivity contribution in [3.05, 3.63) is 35.4 Å². The minimum absolute atomic E-state index is 0.843. The fourth-order valence-electron chi connectivity index (χ4n) is 3.49. The summed E-state index contributed by atoms with van der Waals surface area (Å²) in [5.74, 6) is 0.856. The standard InChI is InChI=1S/C18H28N2/c1-20(17-7-3-4-8-17)13-12-19-14-16-6-2-5-9-18(16)15-10-11-15/h2,5-6,9,15,17,19H,3-4,7-8,10-14H2,1H3. The Morgan fingerprint density at radius 2 is 1.85 bits per heavy atom. The predicted molar refractivity (Wildman–Crippen MR) is 85.0 cm³/mol. The van der Waals surface area contributed by atoms with Crippen molar-refractivity contribution in [3.8, 4) is 0 Å². The Morgan fingerprint density at radius 1 is 1.10 bits per heavy atom. The van der Waals surface area contributed by atoms with E-state index in [0.717, 1.165) is 25.0 Å². The average Bonchev–Trinajstić information content (AvgIpc) is 3.17. The summed E-state index contributed by atoms with van der Waals surface area (Å²) < 4.78 is 0. The Morgan fingerprint density at radius 3 is 2.60 bits per heavy atom. The van der Waals surface area contributed by atoms with Crippen molar-refractivity contribution in [2.75, 3.05) is 20.1 Å². The van der Waals surface area contributed by atoms with Gasteiger partial charge in [0.15, 0.2) is 0 Å². The summed E-state index contributed by atoms with van der Waals surface area (Å²) in [7, 11) is 2.29. The largest absolute Gasteiger partial charge is 0.311 e. The lowest BCUT2D eigenvalue weighted by Crippen LogP contribution is -2.35. The molecule has 2 aliphatic carbocycles. The first-order valence-electron chi connectivity index (χ1n) is 8.33. The normalized spacial score (nSPS) is 19.9. The van der Waals surface area contributed by atoms with Crippen molar-refractivity contribution < 1.29 is 0 Å². The van der Waals surface area contributed by atoms with Crippen LogP contribution < -0.4 is 5.32 Å². The molecule has 0 spiro atoms. The molecule has 0 bridgehead atoms. The van der Waals surface area contributed by atoms with E-state index in [2.05, 4.69) is 41.5 Å². The Kier molecular flexibility index (Phi) is 4.74. The number of rotatable bonds is 7. The minimum Gasteiger partial charge on any atom is -0.311 e. The lowest BCUT2D eigenvalue weighted by Gasteiger charge is -2.24. The highest BCUT2D eigenvalue weighted by Crippen LogP contribution is 2.41. The van der Waals surface area contributed by atoms with Gasteiger partial charge < -0.3 is 10.2 Å². The smallest absolute Gasteiger partial charge is 0.0208 e. The molecule has 110 valence electrons. The van der Waals surface area contributed by atoms with E-state index >= 15 is 0 Å². The molecule has 0 saturated heterocycles. The predicted octanol–water partition coefficient (Wildman–Crippen LogP) is 3.53. The Balaban J connectivity index is 1.41. The van der Waals surface area contributed by atoms with Crippen LogP contribution in [-0.4, -0.2) is 31.1 Å². The van der Waals surface area contributed by atoms with Gasteiger partial charge in [0.2, 0.25) is 0 Å². The van der Waals surface area contributed by atoms with Gasteiger partial charge in [-0.3, -0.25) is 0 Å². The van der Waals surface area contributed by atoms with Crippen LogP contribution in [0.25, 0.3) is 0 Å². The van der Waals surface area contributed by atoms with Gasteiger partial charge in [-0.25, -0.2) is 0 Å². The van der Waals surface area contributed by atoms with Gasteiger partial charge in [-0.1, -0.05) is 37.1 Å². The Labute approximate surface area is 123 Å². The summed E-state index contributed by atoms with van der Waals surface area (Å²) in [6.45, 7) is 3.31. The van der Waals surface area contributed by atoms with E-state index in [0.29, 0.717) is 0 Å². The fourth-order valence-corrected chi connectivity index (χ4v) is 3.49. The zero-order chi connectivity index (χ0) is 13.8. The Hall–Kier alpha value is -0.860. The third-order valence-corrected chi connectivity index (χ3v) is 4.98. The molecule has 0 aromatic heterocycles. The highest BCUT2D eigenvalue weighted by Gasteiger charge is 2.25. The van der Waals surface area contributed by atoms with Crippen molar-refractivity contribution in [1.82, 2.24) is 10.2 Å². The molecule has 1 aromatic carbocycles. The van der Waals surface area contributed by atoms with Gasteiger partial charge in [0, 0.05) is 25.7 Å². The second-order valence-corrected chi connectivity index (χ2v) is 6.57. The summed E-state index contributed by atoms with van der Waals surface area (Å²) in [5.41, 5.74) is 3.10. The van der Waals surface area contributed by atoms with E-state index in [1.165, 1.54) is 50.6 Å². The number of benzene rings is 1. The van der Waals surface area contributed by atoms with Gasteiger partial charge in [0.05, 0.1) is 0 Å². The van der Waals surface area contributed by atoms with E-state index in [9.17, 15) is 0 Å². The molecular weight excluding hydrogens is 244 g/mol. The van der Waals surface area contributed by atoms with Crippen molar-refractivity contribution in [2.24, 2.45) is 0 Å². The molecule has 20 heavy (non-hydrogen) atoms. The first-order chi connectivity index (χ1) is 9.84. The maximum Gasteiger partial charge on any atom is 0.0208 e. The van der Waals surface area contributed by atoms with Crippen LogP contribution >= 0.6 is 0 Å². The van der Waals surface area contributed by atoms with Gasteiger partial charge in [0.1, 0.15) is 0 Å². The van der Waals surface area contributed by atoms with Crippen LogP contribution in [0.3, 0.4) is 0 Å². The van der Waals surface area contributed by atoms with Crippen LogP contribution in [-0.2, 0) is 6.54 Å². The fraction of sp³-hybridized carbons (Fsp3) is 0.667. The zero-order valence-electron chi connectivity index (χ0n) is 12.8. The zero-order valence-corrected chi connectivity index (χ0v) is 12.8. The summed E-state index contributed by atoms with van der Waals surface area (Å²) in [6.07, 6.45) is 8.44. The molecule has 2 fully saturated rings. The second kappa shape index (κ2) is 6.73. The third-order valence-electron chi connectivity index (χ3n) is 4.98. The van der Waals surface area contributed by atoms with E-state index in [1.54, 1.807) is 5.56 Å². The molecule has 1 N–H and O–H groups in total. The highest BCUT2D eigenvalue weighted by atomic mass is 15.1. The number of hydrogen-bond donors (Lipinski definition) is 1. The lowest BCUT2D eigenvalue weighted by atomic mass is 10.0. The molecule has 2 aliphatic rings. The van der Waals surface area contributed by atoms with Crippen molar-refractivity contribution >= 4 is 0 Å². The minimum atomic E-state index is 0.843. The van der Waals surface area contributed by atoms with Crippen LogP contribution in [0, 0.1) is 0 Å². The van der Waals surface area contributed by atoms with E-state index in [-0.39, 0.29) is 0 Å². The number of hydrogen-bond acceptors (Lipinski definition) is 2. The van der Waals surface area contributed by atoms with Gasteiger partial charge in [-0.05, 0) is 49.8 Å². The molecule has 0 atom stereocenters. The van der Waals surface area contributed by atoms with Crippen LogP contribution in [0.1, 0.15) is 55.6 Å². The number of nitrogens with zero attached hydrogens (tertiary/aromatic N) is 1. The summed E-state index contributed by atoms with van der Waals surface area (Å²) in [5, 5.41) is 3.64. The van der Waals surface area contributed by atoms with E-state index < -0.39 is 0 Å². The molecule has 3 rings (SSSR count). The second-order valence-electron chi connectivity index (χ2n) is 6.57. The quantitative estimate of drug-likeness (QED) is 0.764. The first kappa shape index (κ1) is 14.1. The van der Waals surface area contributed by atoms with Crippen molar-refractivity contribution in [1.29, 1.82) is 0 Å². The molecule has 0 radical (unpaired) electrons. The van der Waals surface area contributed by atoms with Crippen LogP contribution in [0.5, 0.6) is 0 Å². The molecule has 1 aromatic rings. The van der Waals surface area contributed by atoms with Gasteiger partial charge in [0.25, 0.3) is 0 Å². The van der Waals surface area contributed by atoms with Gasteiger partial charge >= 0.3 is 0 Å². The molecule has 2 heteroatoms. The Bertz CT molecular complexity index is 419. The molecule has 0 aliphatic heterocycles. The van der Waals surface area contributed by atoms with Crippen LogP contribution in [0.15, 0.2) is 24.3 Å². The molecule has 0 amide bonds. The van der Waals surface area contributed by atoms with Crippen molar-refractivity contribution in [2.45, 2.75) is 57.0 Å². The summed E-state index contributed by atoms with van der Waals surface area (Å²) in [6, 6.07) is 9.81. The van der Waals surface area contributed by atoms with E-state index in [1.807, 2.05) is 0 Å². The summed E-state index contributed by atoms with van der Waals surface area (Å²) in [4.78, 5) is 2.55. The molecule has 0 heterocycles. The highest BCUT2D eigenvalue weighted by molar-refractivity contribution is 5.33. The van der Waals surface area contributed by atoms with Crippen LogP contribution in [0.4, 0.5) is 0 Å². The third kappa shape index (κ3) is 3.62. The molecule has 2 saturated carbocycles. The monoisotopic (exact) mass is 272 g/mol. The van der Waals surface area contributed by atoms with E-state index in [4.69, 9.17) is 0 Å². The number of nitrogens with one attached hydrogen (secondary N) is 1.